The molecule has 1 aliphatic heterocycles. The third kappa shape index (κ3) is 10.9. The summed E-state index contributed by atoms with van der Waals surface area (Å²) < 4.78 is 41.6. The van der Waals surface area contributed by atoms with Crippen molar-refractivity contribution < 1.29 is 22.7 Å². The van der Waals surface area contributed by atoms with Crippen LogP contribution < -0.4 is 10.6 Å². The number of ether oxygens (including phenoxy) is 1. The Labute approximate surface area is 170 Å². The SMILES string of the molecule is CCNC(=NCCCCC(F)(F)F)NC1CN(C(=O)OC(C)(C)C)C1.I. The number of amides is 1. The number of rotatable bonds is 6. The minimum Gasteiger partial charge on any atom is -0.444 e. The van der Waals surface area contributed by atoms with Crippen LogP contribution in [0.3, 0.4) is 0 Å². The number of likely N-dealkylation sites (tertiary alicyclic amines) is 1. The molecule has 0 atom stereocenters. The Morgan fingerprint density at radius 3 is 2.35 bits per heavy atom. The van der Waals surface area contributed by atoms with E-state index >= 15 is 0 Å². The van der Waals surface area contributed by atoms with E-state index in [9.17, 15) is 18.0 Å². The molecule has 1 amide bonds. The predicted molar refractivity (Wildman–Crippen MR) is 106 cm³/mol. The molecular weight excluding hydrogens is 464 g/mol. The Hall–Kier alpha value is -0.940. The first-order chi connectivity index (χ1) is 11.5. The molecule has 0 bridgehead atoms. The fourth-order valence-corrected chi connectivity index (χ4v) is 2.19. The molecule has 0 spiro atoms. The number of unbranched alkanes of at least 4 members (excludes halogenated alkanes) is 1. The van der Waals surface area contributed by atoms with Crippen LogP contribution in [-0.2, 0) is 4.74 Å². The van der Waals surface area contributed by atoms with Gasteiger partial charge in [-0.2, -0.15) is 13.2 Å². The first-order valence-corrected chi connectivity index (χ1v) is 8.59. The van der Waals surface area contributed by atoms with E-state index in [2.05, 4.69) is 15.6 Å². The highest BCUT2D eigenvalue weighted by molar-refractivity contribution is 14.0. The van der Waals surface area contributed by atoms with Crippen LogP contribution in [0.25, 0.3) is 0 Å². The Morgan fingerprint density at radius 2 is 1.85 bits per heavy atom. The fraction of sp³-hybridized carbons (Fsp3) is 0.875. The third-order valence-corrected chi connectivity index (χ3v) is 3.36. The van der Waals surface area contributed by atoms with Gasteiger partial charge in [0.25, 0.3) is 0 Å². The quantitative estimate of drug-likeness (QED) is 0.257. The van der Waals surface area contributed by atoms with Crippen molar-refractivity contribution in [2.24, 2.45) is 4.99 Å². The maximum absolute atomic E-state index is 12.1. The van der Waals surface area contributed by atoms with Crippen LogP contribution in [-0.4, -0.2) is 61.0 Å². The van der Waals surface area contributed by atoms with E-state index in [1.54, 1.807) is 4.90 Å². The van der Waals surface area contributed by atoms with Crippen molar-refractivity contribution in [2.45, 2.75) is 64.8 Å². The average molecular weight is 494 g/mol. The summed E-state index contributed by atoms with van der Waals surface area (Å²) in [7, 11) is 0. The molecule has 0 unspecified atom stereocenters. The Balaban J connectivity index is 0.00000625. The van der Waals surface area contributed by atoms with Gasteiger partial charge in [0.15, 0.2) is 5.96 Å². The van der Waals surface area contributed by atoms with Crippen LogP contribution in [0.1, 0.15) is 47.0 Å². The number of nitrogens with one attached hydrogen (secondary N) is 2. The number of carbonyl (C=O) groups is 1. The van der Waals surface area contributed by atoms with Gasteiger partial charge < -0.3 is 20.3 Å². The van der Waals surface area contributed by atoms with E-state index in [1.165, 1.54) is 0 Å². The molecule has 154 valence electrons. The van der Waals surface area contributed by atoms with Crippen LogP contribution in [0.4, 0.5) is 18.0 Å². The molecule has 0 aromatic rings. The van der Waals surface area contributed by atoms with Crippen molar-refractivity contribution in [3.63, 3.8) is 0 Å². The lowest BCUT2D eigenvalue weighted by Crippen LogP contribution is -2.63. The fourth-order valence-electron chi connectivity index (χ4n) is 2.19. The van der Waals surface area contributed by atoms with Gasteiger partial charge in [-0.1, -0.05) is 0 Å². The molecule has 10 heteroatoms. The largest absolute Gasteiger partial charge is 0.444 e. The lowest BCUT2D eigenvalue weighted by molar-refractivity contribution is -0.135. The van der Waals surface area contributed by atoms with Crippen molar-refractivity contribution in [1.29, 1.82) is 0 Å². The Bertz CT molecular complexity index is 461. The number of guanidine groups is 1. The zero-order valence-corrected chi connectivity index (χ0v) is 18.1. The van der Waals surface area contributed by atoms with Crippen LogP contribution in [0.2, 0.25) is 0 Å². The van der Waals surface area contributed by atoms with Gasteiger partial charge in [-0.25, -0.2) is 4.79 Å². The molecule has 6 nitrogen and oxygen atoms in total. The van der Waals surface area contributed by atoms with E-state index < -0.39 is 18.2 Å². The van der Waals surface area contributed by atoms with E-state index in [0.717, 1.165) is 0 Å². The summed E-state index contributed by atoms with van der Waals surface area (Å²) in [5, 5.41) is 6.23. The van der Waals surface area contributed by atoms with Gasteiger partial charge in [-0.15, -0.1) is 24.0 Å². The molecule has 1 aliphatic rings. The molecule has 0 saturated carbocycles. The van der Waals surface area contributed by atoms with Crippen molar-refractivity contribution in [3.8, 4) is 0 Å². The monoisotopic (exact) mass is 494 g/mol. The van der Waals surface area contributed by atoms with Gasteiger partial charge >= 0.3 is 12.3 Å². The van der Waals surface area contributed by atoms with Crippen molar-refractivity contribution in [2.75, 3.05) is 26.2 Å². The van der Waals surface area contributed by atoms with Crippen molar-refractivity contribution in [3.05, 3.63) is 0 Å². The van der Waals surface area contributed by atoms with Gasteiger partial charge in [0.1, 0.15) is 5.60 Å². The van der Waals surface area contributed by atoms with E-state index in [0.29, 0.717) is 38.6 Å². The number of aliphatic imine (C=N–C) groups is 1. The lowest BCUT2D eigenvalue weighted by Gasteiger charge is -2.40. The van der Waals surface area contributed by atoms with Gasteiger partial charge in [-0.05, 0) is 40.5 Å². The summed E-state index contributed by atoms with van der Waals surface area (Å²) in [6, 6.07) is 0.0560. The molecule has 2 N–H and O–H groups in total. The molecule has 0 radical (unpaired) electrons. The zero-order chi connectivity index (χ0) is 19.1. The van der Waals surface area contributed by atoms with Gasteiger partial charge in [0.05, 0.1) is 6.04 Å². The molecule has 0 aromatic heterocycles. The minimum atomic E-state index is -4.11. The maximum atomic E-state index is 12.1. The number of alkyl halides is 3. The maximum Gasteiger partial charge on any atom is 0.410 e. The number of nitrogens with zero attached hydrogens (tertiary/aromatic N) is 2. The number of halogens is 4. The molecule has 0 aromatic carbocycles. The second kappa shape index (κ2) is 11.0. The van der Waals surface area contributed by atoms with E-state index in [1.807, 2.05) is 27.7 Å². The Morgan fingerprint density at radius 1 is 1.23 bits per heavy atom. The van der Waals surface area contributed by atoms with Crippen molar-refractivity contribution in [1.82, 2.24) is 15.5 Å². The number of carbonyl (C=O) groups excluding carboxylic acids is 1. The molecule has 1 heterocycles. The summed E-state index contributed by atoms with van der Waals surface area (Å²) in [5.74, 6) is 0.559. The summed E-state index contributed by atoms with van der Waals surface area (Å²) >= 11 is 0. The summed E-state index contributed by atoms with van der Waals surface area (Å²) in [6.45, 7) is 9.35. The second-order valence-electron chi connectivity index (χ2n) is 7.06. The molecular formula is C16H30F3IN4O2. The smallest absolute Gasteiger partial charge is 0.410 e. The summed E-state index contributed by atoms with van der Waals surface area (Å²) in [5.41, 5.74) is -0.525. The van der Waals surface area contributed by atoms with Crippen LogP contribution in [0, 0.1) is 0 Å². The van der Waals surface area contributed by atoms with Gasteiger partial charge in [-0.3, -0.25) is 4.99 Å². The summed E-state index contributed by atoms with van der Waals surface area (Å²) in [4.78, 5) is 17.7. The highest BCUT2D eigenvalue weighted by Crippen LogP contribution is 2.22. The standard InChI is InChI=1S/C16H29F3N4O2.HI/c1-5-20-13(21-9-7-6-8-16(17,18)19)22-12-10-23(11-12)14(24)25-15(2,3)4;/h12H,5-11H2,1-4H3,(H2,20,21,22);1H. The van der Waals surface area contributed by atoms with Crippen LogP contribution >= 0.6 is 24.0 Å². The zero-order valence-electron chi connectivity index (χ0n) is 15.8. The average Bonchev–Trinajstić information content (AvgIpc) is 2.38. The van der Waals surface area contributed by atoms with Crippen molar-refractivity contribution >= 4 is 36.0 Å². The second-order valence-corrected chi connectivity index (χ2v) is 7.06. The highest BCUT2D eigenvalue weighted by atomic mass is 127. The molecule has 1 rings (SSSR count). The minimum absolute atomic E-state index is 0. The Kier molecular flexibility index (Phi) is 10.6. The molecule has 26 heavy (non-hydrogen) atoms. The molecule has 0 aliphatic carbocycles. The normalized spacial score (nSPS) is 15.8. The van der Waals surface area contributed by atoms with Crippen LogP contribution in [0.5, 0.6) is 0 Å². The third-order valence-electron chi connectivity index (χ3n) is 3.36. The van der Waals surface area contributed by atoms with Gasteiger partial charge in [0, 0.05) is 32.6 Å². The molecule has 1 saturated heterocycles. The topological polar surface area (TPSA) is 66.0 Å². The van der Waals surface area contributed by atoms with Crippen LogP contribution in [0.15, 0.2) is 4.99 Å². The van der Waals surface area contributed by atoms with E-state index in [4.69, 9.17) is 4.74 Å². The molecule has 1 fully saturated rings. The first-order valence-electron chi connectivity index (χ1n) is 8.59. The summed E-state index contributed by atoms with van der Waals surface area (Å²) in [6.07, 6.45) is -4.78. The lowest BCUT2D eigenvalue weighted by atomic mass is 10.1. The number of hydrogen-bond donors (Lipinski definition) is 2. The number of hydrogen-bond acceptors (Lipinski definition) is 3. The predicted octanol–water partition coefficient (Wildman–Crippen LogP) is 3.51. The van der Waals surface area contributed by atoms with E-state index in [-0.39, 0.29) is 42.5 Å². The van der Waals surface area contributed by atoms with Gasteiger partial charge in [0.2, 0.25) is 0 Å². The highest BCUT2D eigenvalue weighted by Gasteiger charge is 2.34. The first kappa shape index (κ1) is 25.1.